The molecule has 0 saturated carbocycles. The van der Waals surface area contributed by atoms with E-state index in [1.54, 1.807) is 15.6 Å². The fourth-order valence-corrected chi connectivity index (χ4v) is 3.19. The van der Waals surface area contributed by atoms with Gasteiger partial charge in [0.05, 0.1) is 5.56 Å². The average Bonchev–Trinajstić information content (AvgIpc) is 3.32. The summed E-state index contributed by atoms with van der Waals surface area (Å²) in [7, 11) is 1.82. The molecule has 4 aromatic rings. The number of pyridine rings is 1. The number of rotatable bonds is 5. The van der Waals surface area contributed by atoms with E-state index in [-0.39, 0.29) is 5.91 Å². The SMILES string of the molecule is Cc1ccc(-c2nc3c(C)cc(C(=O)N(C)CCc4ccccc4)cn3n2)o1. The molecule has 3 heterocycles. The standard InChI is InChI=1S/C22H22N4O2/c1-15-13-18(22(27)25(3)12-11-17-7-5-4-6-8-17)14-26-21(15)23-20(24-26)19-10-9-16(2)28-19/h4-10,13-14H,11-12H2,1-3H3. The molecule has 0 fully saturated rings. The van der Waals surface area contributed by atoms with Crippen molar-refractivity contribution >= 4 is 11.6 Å². The van der Waals surface area contributed by atoms with Crippen molar-refractivity contribution in [3.05, 3.63) is 77.2 Å². The van der Waals surface area contributed by atoms with Crippen LogP contribution < -0.4 is 0 Å². The lowest BCUT2D eigenvalue weighted by molar-refractivity contribution is 0.0796. The summed E-state index contributed by atoms with van der Waals surface area (Å²) >= 11 is 0. The van der Waals surface area contributed by atoms with Crippen molar-refractivity contribution in [2.24, 2.45) is 0 Å². The zero-order valence-electron chi connectivity index (χ0n) is 16.2. The minimum atomic E-state index is -0.0353. The maximum Gasteiger partial charge on any atom is 0.255 e. The van der Waals surface area contributed by atoms with Gasteiger partial charge in [0.2, 0.25) is 5.82 Å². The van der Waals surface area contributed by atoms with E-state index in [2.05, 4.69) is 22.2 Å². The number of benzene rings is 1. The molecule has 0 spiro atoms. The Morgan fingerprint density at radius 3 is 2.64 bits per heavy atom. The van der Waals surface area contributed by atoms with Crippen molar-refractivity contribution in [1.29, 1.82) is 0 Å². The van der Waals surface area contributed by atoms with Crippen LogP contribution in [0.5, 0.6) is 0 Å². The van der Waals surface area contributed by atoms with Gasteiger partial charge >= 0.3 is 0 Å². The van der Waals surface area contributed by atoms with Crippen LogP contribution in [-0.2, 0) is 6.42 Å². The first kappa shape index (κ1) is 18.0. The molecule has 6 nitrogen and oxygen atoms in total. The Bertz CT molecular complexity index is 1130. The van der Waals surface area contributed by atoms with Crippen molar-refractivity contribution in [1.82, 2.24) is 19.5 Å². The van der Waals surface area contributed by atoms with Gasteiger partial charge in [-0.2, -0.15) is 0 Å². The third-order valence-electron chi connectivity index (χ3n) is 4.75. The first-order chi connectivity index (χ1) is 13.5. The van der Waals surface area contributed by atoms with Crippen molar-refractivity contribution < 1.29 is 9.21 Å². The maximum absolute atomic E-state index is 12.9. The molecule has 0 N–H and O–H groups in total. The Balaban J connectivity index is 1.56. The molecule has 0 radical (unpaired) electrons. The average molecular weight is 374 g/mol. The largest absolute Gasteiger partial charge is 0.458 e. The summed E-state index contributed by atoms with van der Waals surface area (Å²) in [6, 6.07) is 15.8. The first-order valence-corrected chi connectivity index (χ1v) is 9.24. The molecule has 1 aromatic carbocycles. The van der Waals surface area contributed by atoms with Gasteiger partial charge in [0.15, 0.2) is 11.4 Å². The zero-order chi connectivity index (χ0) is 19.7. The van der Waals surface area contributed by atoms with Crippen molar-refractivity contribution in [3.8, 4) is 11.6 Å². The van der Waals surface area contributed by atoms with Gasteiger partial charge < -0.3 is 9.32 Å². The second-order valence-corrected chi connectivity index (χ2v) is 6.99. The highest BCUT2D eigenvalue weighted by Crippen LogP contribution is 2.21. The molecule has 3 aromatic heterocycles. The third-order valence-corrected chi connectivity index (χ3v) is 4.75. The van der Waals surface area contributed by atoms with Crippen LogP contribution in [0.3, 0.4) is 0 Å². The third kappa shape index (κ3) is 3.53. The van der Waals surface area contributed by atoms with Gasteiger partial charge in [-0.05, 0) is 49.6 Å². The Morgan fingerprint density at radius 1 is 1.14 bits per heavy atom. The molecular formula is C22H22N4O2. The summed E-state index contributed by atoms with van der Waals surface area (Å²) in [6.45, 7) is 4.46. The zero-order valence-corrected chi connectivity index (χ0v) is 16.2. The van der Waals surface area contributed by atoms with E-state index in [1.807, 2.05) is 57.3 Å². The maximum atomic E-state index is 12.9. The monoisotopic (exact) mass is 374 g/mol. The Labute approximate surface area is 163 Å². The number of hydrogen-bond donors (Lipinski definition) is 0. The highest BCUT2D eigenvalue weighted by atomic mass is 16.3. The van der Waals surface area contributed by atoms with Crippen LogP contribution in [0.4, 0.5) is 0 Å². The number of aryl methyl sites for hydroxylation is 2. The van der Waals surface area contributed by atoms with Gasteiger partial charge in [0, 0.05) is 19.8 Å². The fourth-order valence-electron chi connectivity index (χ4n) is 3.19. The van der Waals surface area contributed by atoms with Gasteiger partial charge in [0.25, 0.3) is 5.91 Å². The van der Waals surface area contributed by atoms with Crippen molar-refractivity contribution in [2.75, 3.05) is 13.6 Å². The predicted octanol–water partition coefficient (Wildman–Crippen LogP) is 3.92. The Morgan fingerprint density at radius 2 is 1.93 bits per heavy atom. The molecular weight excluding hydrogens is 352 g/mol. The number of likely N-dealkylation sites (N-methyl/N-ethyl adjacent to an activating group) is 1. The Kier molecular flexibility index (Phi) is 4.69. The van der Waals surface area contributed by atoms with Gasteiger partial charge in [-0.25, -0.2) is 9.50 Å². The fraction of sp³-hybridized carbons (Fsp3) is 0.227. The molecule has 4 rings (SSSR count). The van der Waals surface area contributed by atoms with Crippen LogP contribution in [0.15, 0.2) is 59.1 Å². The lowest BCUT2D eigenvalue weighted by Crippen LogP contribution is -2.29. The number of fused-ring (bicyclic) bond motifs is 1. The van der Waals surface area contributed by atoms with Crippen LogP contribution in [0, 0.1) is 13.8 Å². The summed E-state index contributed by atoms with van der Waals surface area (Å²) in [5.74, 6) is 1.90. The van der Waals surface area contributed by atoms with Crippen molar-refractivity contribution in [2.45, 2.75) is 20.3 Å². The van der Waals surface area contributed by atoms with Gasteiger partial charge in [-0.1, -0.05) is 30.3 Å². The summed E-state index contributed by atoms with van der Waals surface area (Å²) in [6.07, 6.45) is 2.55. The molecule has 0 bridgehead atoms. The van der Waals surface area contributed by atoms with Crippen molar-refractivity contribution in [3.63, 3.8) is 0 Å². The second kappa shape index (κ2) is 7.31. The molecule has 142 valence electrons. The second-order valence-electron chi connectivity index (χ2n) is 6.99. The summed E-state index contributed by atoms with van der Waals surface area (Å²) in [4.78, 5) is 19.2. The van der Waals surface area contributed by atoms with Gasteiger partial charge in [-0.15, -0.1) is 5.10 Å². The molecule has 6 heteroatoms. The lowest BCUT2D eigenvalue weighted by Gasteiger charge is -2.17. The molecule has 0 aliphatic rings. The quantitative estimate of drug-likeness (QED) is 0.531. The van der Waals surface area contributed by atoms with Crippen LogP contribution in [0.25, 0.3) is 17.2 Å². The molecule has 0 saturated heterocycles. The number of hydrogen-bond acceptors (Lipinski definition) is 4. The van der Waals surface area contributed by atoms with Crippen LogP contribution >= 0.6 is 0 Å². The number of furan rings is 1. The smallest absolute Gasteiger partial charge is 0.255 e. The molecule has 0 unspecified atom stereocenters. The molecule has 1 amide bonds. The summed E-state index contributed by atoms with van der Waals surface area (Å²) < 4.78 is 7.27. The molecule has 0 aliphatic heterocycles. The highest BCUT2D eigenvalue weighted by molar-refractivity contribution is 5.94. The summed E-state index contributed by atoms with van der Waals surface area (Å²) in [5, 5.41) is 4.49. The van der Waals surface area contributed by atoms with E-state index in [0.29, 0.717) is 29.3 Å². The number of amides is 1. The molecule has 0 aliphatic carbocycles. The highest BCUT2D eigenvalue weighted by Gasteiger charge is 2.17. The topological polar surface area (TPSA) is 63.6 Å². The number of nitrogens with zero attached hydrogens (tertiary/aromatic N) is 4. The molecule has 28 heavy (non-hydrogen) atoms. The van der Waals surface area contributed by atoms with E-state index in [0.717, 1.165) is 17.7 Å². The van der Waals surface area contributed by atoms with E-state index < -0.39 is 0 Å². The minimum absolute atomic E-state index is 0.0353. The normalized spacial score (nSPS) is 11.1. The Hall–Kier alpha value is -3.41. The number of aromatic nitrogens is 3. The summed E-state index contributed by atoms with van der Waals surface area (Å²) in [5.41, 5.74) is 3.41. The minimum Gasteiger partial charge on any atom is -0.458 e. The van der Waals surface area contributed by atoms with Crippen LogP contribution in [0.2, 0.25) is 0 Å². The van der Waals surface area contributed by atoms with Gasteiger partial charge in [0.1, 0.15) is 5.76 Å². The first-order valence-electron chi connectivity index (χ1n) is 9.24. The number of carbonyl (C=O) groups is 1. The van der Waals surface area contributed by atoms with E-state index in [4.69, 9.17) is 4.42 Å². The molecule has 0 atom stereocenters. The van der Waals surface area contributed by atoms with Crippen LogP contribution in [0.1, 0.15) is 27.2 Å². The predicted molar refractivity (Wildman–Crippen MR) is 107 cm³/mol. The van der Waals surface area contributed by atoms with E-state index in [9.17, 15) is 4.79 Å². The van der Waals surface area contributed by atoms with E-state index >= 15 is 0 Å². The number of carbonyl (C=O) groups excluding carboxylic acids is 1. The van der Waals surface area contributed by atoms with E-state index in [1.165, 1.54) is 5.56 Å². The van der Waals surface area contributed by atoms with Gasteiger partial charge in [-0.3, -0.25) is 4.79 Å². The van der Waals surface area contributed by atoms with Crippen LogP contribution in [-0.4, -0.2) is 39.0 Å². The lowest BCUT2D eigenvalue weighted by atomic mass is 10.1.